The summed E-state index contributed by atoms with van der Waals surface area (Å²) in [5.74, 6) is 1.48. The van der Waals surface area contributed by atoms with Crippen LogP contribution in [0.15, 0.2) is 30.5 Å². The maximum atomic E-state index is 4.23. The maximum absolute atomic E-state index is 4.23. The minimum Gasteiger partial charge on any atom is -0.311 e. The van der Waals surface area contributed by atoms with Crippen molar-refractivity contribution in [2.75, 3.05) is 6.54 Å². The fraction of sp³-hybridized carbons (Fsp3) is 0.529. The molecular formula is C17H24N4. The molecule has 0 unspecified atom stereocenters. The van der Waals surface area contributed by atoms with Gasteiger partial charge in [0.2, 0.25) is 0 Å². The Morgan fingerprint density at radius 2 is 2.00 bits per heavy atom. The summed E-state index contributed by atoms with van der Waals surface area (Å²) in [6.45, 7) is 7.15. The van der Waals surface area contributed by atoms with E-state index in [0.717, 1.165) is 31.2 Å². The molecule has 1 aromatic heterocycles. The van der Waals surface area contributed by atoms with E-state index >= 15 is 0 Å². The van der Waals surface area contributed by atoms with E-state index in [-0.39, 0.29) is 0 Å². The molecule has 0 radical (unpaired) electrons. The van der Waals surface area contributed by atoms with Gasteiger partial charge in [0.05, 0.1) is 18.4 Å². The van der Waals surface area contributed by atoms with E-state index in [9.17, 15) is 0 Å². The van der Waals surface area contributed by atoms with Gasteiger partial charge in [0, 0.05) is 6.54 Å². The normalized spacial score (nSPS) is 14.8. The van der Waals surface area contributed by atoms with Crippen molar-refractivity contribution in [1.29, 1.82) is 0 Å². The number of nitrogens with one attached hydrogen (secondary N) is 1. The molecule has 0 aliphatic heterocycles. The quantitative estimate of drug-likeness (QED) is 0.850. The summed E-state index contributed by atoms with van der Waals surface area (Å²) in [5, 5.41) is 11.9. The number of hydrogen-bond acceptors (Lipinski definition) is 3. The van der Waals surface area contributed by atoms with Crippen LogP contribution in [0.5, 0.6) is 0 Å². The highest BCUT2D eigenvalue weighted by atomic mass is 15.4. The van der Waals surface area contributed by atoms with Crippen LogP contribution in [-0.2, 0) is 13.1 Å². The fourth-order valence-corrected chi connectivity index (χ4v) is 2.42. The zero-order chi connectivity index (χ0) is 14.7. The highest BCUT2D eigenvalue weighted by Crippen LogP contribution is 2.27. The Morgan fingerprint density at radius 3 is 2.67 bits per heavy atom. The maximum Gasteiger partial charge on any atom is 0.0964 e. The van der Waals surface area contributed by atoms with Gasteiger partial charge < -0.3 is 5.32 Å². The Bertz CT molecular complexity index is 567. The molecule has 0 spiro atoms. The van der Waals surface area contributed by atoms with Crippen molar-refractivity contribution in [2.45, 2.75) is 45.7 Å². The van der Waals surface area contributed by atoms with Crippen LogP contribution in [0.25, 0.3) is 0 Å². The molecule has 0 atom stereocenters. The molecule has 0 saturated heterocycles. The molecule has 0 bridgehead atoms. The first-order valence-electron chi connectivity index (χ1n) is 7.89. The van der Waals surface area contributed by atoms with E-state index in [0.29, 0.717) is 5.92 Å². The lowest BCUT2D eigenvalue weighted by molar-refractivity contribution is 0.627. The molecule has 4 nitrogen and oxygen atoms in total. The topological polar surface area (TPSA) is 42.7 Å². The summed E-state index contributed by atoms with van der Waals surface area (Å²) in [4.78, 5) is 0. The zero-order valence-corrected chi connectivity index (χ0v) is 12.9. The first-order valence-corrected chi connectivity index (χ1v) is 7.89. The molecule has 1 fully saturated rings. The summed E-state index contributed by atoms with van der Waals surface area (Å²) in [6.07, 6.45) is 4.80. The van der Waals surface area contributed by atoms with Crippen molar-refractivity contribution in [2.24, 2.45) is 5.92 Å². The third-order valence-corrected chi connectivity index (χ3v) is 4.01. The summed E-state index contributed by atoms with van der Waals surface area (Å²) in [5.41, 5.74) is 3.67. The highest BCUT2D eigenvalue weighted by molar-refractivity contribution is 5.24. The monoisotopic (exact) mass is 284 g/mol. The SMILES string of the molecule is CC(C)c1ccc(Cn2cc(CNCC3CC3)nn2)cc1. The van der Waals surface area contributed by atoms with Crippen LogP contribution >= 0.6 is 0 Å². The molecule has 1 aromatic carbocycles. The van der Waals surface area contributed by atoms with Gasteiger partial charge in [-0.15, -0.1) is 5.10 Å². The Morgan fingerprint density at radius 1 is 1.24 bits per heavy atom. The van der Waals surface area contributed by atoms with Gasteiger partial charge >= 0.3 is 0 Å². The lowest BCUT2D eigenvalue weighted by atomic mass is 10.0. The van der Waals surface area contributed by atoms with Crippen LogP contribution in [0.4, 0.5) is 0 Å². The standard InChI is InChI=1S/C17H24N4/c1-13(2)16-7-5-15(6-8-16)11-21-12-17(19-20-21)10-18-9-14-3-4-14/h5-8,12-14,18H,3-4,9-11H2,1-2H3. The molecule has 4 heteroatoms. The van der Waals surface area contributed by atoms with Gasteiger partial charge in [0.25, 0.3) is 0 Å². The molecule has 1 N–H and O–H groups in total. The van der Waals surface area contributed by atoms with Crippen molar-refractivity contribution in [3.63, 3.8) is 0 Å². The van der Waals surface area contributed by atoms with E-state index in [1.165, 1.54) is 24.0 Å². The van der Waals surface area contributed by atoms with Crippen LogP contribution in [0.3, 0.4) is 0 Å². The molecule has 1 heterocycles. The molecule has 2 aromatic rings. The van der Waals surface area contributed by atoms with E-state index in [4.69, 9.17) is 0 Å². The Kier molecular flexibility index (Phi) is 4.34. The van der Waals surface area contributed by atoms with Gasteiger partial charge in [-0.2, -0.15) is 0 Å². The van der Waals surface area contributed by atoms with Crippen molar-refractivity contribution >= 4 is 0 Å². The van der Waals surface area contributed by atoms with Crippen LogP contribution < -0.4 is 5.32 Å². The number of rotatable bonds is 7. The number of hydrogen-bond donors (Lipinski definition) is 1. The predicted molar refractivity (Wildman–Crippen MR) is 84.1 cm³/mol. The van der Waals surface area contributed by atoms with Crippen molar-refractivity contribution < 1.29 is 0 Å². The van der Waals surface area contributed by atoms with Crippen LogP contribution in [-0.4, -0.2) is 21.5 Å². The number of nitrogens with zero attached hydrogens (tertiary/aromatic N) is 3. The molecule has 21 heavy (non-hydrogen) atoms. The lowest BCUT2D eigenvalue weighted by Gasteiger charge is -2.06. The Balaban J connectivity index is 1.53. The number of aromatic nitrogens is 3. The summed E-state index contributed by atoms with van der Waals surface area (Å²) < 4.78 is 1.92. The second-order valence-corrected chi connectivity index (χ2v) is 6.38. The minimum absolute atomic E-state index is 0.578. The average Bonchev–Trinajstić information content (AvgIpc) is 3.19. The van der Waals surface area contributed by atoms with E-state index in [1.54, 1.807) is 0 Å². The second kappa shape index (κ2) is 6.39. The molecule has 1 aliphatic carbocycles. The van der Waals surface area contributed by atoms with E-state index < -0.39 is 0 Å². The molecule has 112 valence electrons. The van der Waals surface area contributed by atoms with Gasteiger partial charge in [0.1, 0.15) is 0 Å². The summed E-state index contributed by atoms with van der Waals surface area (Å²) >= 11 is 0. The molecule has 3 rings (SSSR count). The Labute approximate surface area is 126 Å². The molecule has 1 saturated carbocycles. The van der Waals surface area contributed by atoms with Crippen molar-refractivity contribution in [3.05, 3.63) is 47.3 Å². The van der Waals surface area contributed by atoms with Gasteiger partial charge in [-0.05, 0) is 42.3 Å². The molecule has 0 amide bonds. The smallest absolute Gasteiger partial charge is 0.0964 e. The van der Waals surface area contributed by atoms with Crippen LogP contribution in [0, 0.1) is 5.92 Å². The first kappa shape index (κ1) is 14.3. The summed E-state index contributed by atoms with van der Waals surface area (Å²) in [7, 11) is 0. The van der Waals surface area contributed by atoms with E-state index in [1.807, 2.05) is 10.9 Å². The predicted octanol–water partition coefficient (Wildman–Crippen LogP) is 2.95. The minimum atomic E-state index is 0.578. The fourth-order valence-electron chi connectivity index (χ4n) is 2.42. The second-order valence-electron chi connectivity index (χ2n) is 6.38. The van der Waals surface area contributed by atoms with E-state index in [2.05, 4.69) is 53.7 Å². The first-order chi connectivity index (χ1) is 10.2. The Hall–Kier alpha value is -1.68. The van der Waals surface area contributed by atoms with Crippen molar-refractivity contribution in [1.82, 2.24) is 20.3 Å². The number of benzene rings is 1. The van der Waals surface area contributed by atoms with Crippen molar-refractivity contribution in [3.8, 4) is 0 Å². The summed E-state index contributed by atoms with van der Waals surface area (Å²) in [6, 6.07) is 8.77. The largest absolute Gasteiger partial charge is 0.311 e. The third kappa shape index (κ3) is 4.14. The van der Waals surface area contributed by atoms with Gasteiger partial charge in [-0.25, -0.2) is 4.68 Å². The van der Waals surface area contributed by atoms with Gasteiger partial charge in [-0.3, -0.25) is 0 Å². The highest BCUT2D eigenvalue weighted by Gasteiger charge is 2.20. The van der Waals surface area contributed by atoms with Crippen LogP contribution in [0.2, 0.25) is 0 Å². The van der Waals surface area contributed by atoms with Gasteiger partial charge in [0.15, 0.2) is 0 Å². The average molecular weight is 284 g/mol. The molecule has 1 aliphatic rings. The third-order valence-electron chi connectivity index (χ3n) is 4.01. The molecular weight excluding hydrogens is 260 g/mol. The van der Waals surface area contributed by atoms with Gasteiger partial charge in [-0.1, -0.05) is 43.3 Å². The zero-order valence-electron chi connectivity index (χ0n) is 12.9. The van der Waals surface area contributed by atoms with Crippen LogP contribution in [0.1, 0.15) is 49.4 Å². The lowest BCUT2D eigenvalue weighted by Crippen LogP contribution is -2.16.